The van der Waals surface area contributed by atoms with Crippen LogP contribution in [-0.4, -0.2) is 31.1 Å². The zero-order valence-electron chi connectivity index (χ0n) is 15.0. The van der Waals surface area contributed by atoms with Crippen LogP contribution in [0.1, 0.15) is 31.9 Å². The highest BCUT2D eigenvalue weighted by Crippen LogP contribution is 2.39. The van der Waals surface area contributed by atoms with Crippen molar-refractivity contribution < 1.29 is 0 Å². The molecule has 2 aromatic carbocycles. The van der Waals surface area contributed by atoms with Crippen LogP contribution in [-0.2, 0) is 0 Å². The van der Waals surface area contributed by atoms with E-state index in [0.29, 0.717) is 12.0 Å². The lowest BCUT2D eigenvalue weighted by molar-refractivity contribution is 0.126. The van der Waals surface area contributed by atoms with Gasteiger partial charge in [-0.3, -0.25) is 4.90 Å². The highest BCUT2D eigenvalue weighted by Gasteiger charge is 2.28. The molecule has 3 rings (SSSR count). The molecular weight excluding hydrogens is 348 g/mol. The lowest BCUT2D eigenvalue weighted by Crippen LogP contribution is -2.46. The molecule has 1 fully saturated rings. The summed E-state index contributed by atoms with van der Waals surface area (Å²) < 4.78 is 0. The van der Waals surface area contributed by atoms with E-state index in [9.17, 15) is 0 Å². The molecule has 0 radical (unpaired) electrons. The molecule has 0 amide bonds. The highest BCUT2D eigenvalue weighted by molar-refractivity contribution is 7.99. The maximum Gasteiger partial charge on any atom is 0.0406 e. The van der Waals surface area contributed by atoms with E-state index in [4.69, 9.17) is 11.6 Å². The SMILES string of the molecule is CCC(C)[C@@H](c1ccccc1Sc1ccc(Cl)cc1)N1CCNCC1. The predicted octanol–water partition coefficient (Wildman–Crippen LogP) is 5.48. The first-order valence-electron chi connectivity index (χ1n) is 9.16. The number of piperazine rings is 1. The van der Waals surface area contributed by atoms with Crippen LogP contribution in [0.25, 0.3) is 0 Å². The summed E-state index contributed by atoms with van der Waals surface area (Å²) in [5.41, 5.74) is 1.46. The number of nitrogens with one attached hydrogen (secondary N) is 1. The second-order valence-corrected chi connectivity index (χ2v) is 8.26. The van der Waals surface area contributed by atoms with Gasteiger partial charge in [-0.1, -0.05) is 61.8 Å². The number of hydrogen-bond acceptors (Lipinski definition) is 3. The molecule has 0 aromatic heterocycles. The lowest BCUT2D eigenvalue weighted by Gasteiger charge is -2.39. The van der Waals surface area contributed by atoms with Crippen LogP contribution in [0.2, 0.25) is 5.02 Å². The summed E-state index contributed by atoms with van der Waals surface area (Å²) in [6, 6.07) is 17.5. The molecule has 1 aliphatic rings. The molecule has 0 spiro atoms. The van der Waals surface area contributed by atoms with Crippen molar-refractivity contribution in [2.75, 3.05) is 26.2 Å². The first kappa shape index (κ1) is 18.8. The maximum atomic E-state index is 6.04. The fourth-order valence-electron chi connectivity index (χ4n) is 3.49. The van der Waals surface area contributed by atoms with E-state index >= 15 is 0 Å². The minimum Gasteiger partial charge on any atom is -0.314 e. The van der Waals surface area contributed by atoms with Crippen LogP contribution in [0.3, 0.4) is 0 Å². The molecule has 1 unspecified atom stereocenters. The largest absolute Gasteiger partial charge is 0.314 e. The van der Waals surface area contributed by atoms with Gasteiger partial charge >= 0.3 is 0 Å². The van der Waals surface area contributed by atoms with Gasteiger partial charge in [0.25, 0.3) is 0 Å². The van der Waals surface area contributed by atoms with Gasteiger partial charge in [0.1, 0.15) is 0 Å². The van der Waals surface area contributed by atoms with Crippen molar-refractivity contribution in [1.82, 2.24) is 10.2 Å². The Balaban J connectivity index is 1.91. The summed E-state index contributed by atoms with van der Waals surface area (Å²) in [5, 5.41) is 4.27. The van der Waals surface area contributed by atoms with Crippen molar-refractivity contribution in [3.63, 3.8) is 0 Å². The van der Waals surface area contributed by atoms with Crippen LogP contribution < -0.4 is 5.32 Å². The van der Waals surface area contributed by atoms with E-state index in [2.05, 4.69) is 60.5 Å². The van der Waals surface area contributed by atoms with Crippen molar-refractivity contribution >= 4 is 23.4 Å². The third-order valence-corrected chi connectivity index (χ3v) is 6.36. The fourth-order valence-corrected chi connectivity index (χ4v) is 4.60. The quantitative estimate of drug-likeness (QED) is 0.720. The monoisotopic (exact) mass is 374 g/mol. The number of rotatable bonds is 6. The second kappa shape index (κ2) is 9.09. The third-order valence-electron chi connectivity index (χ3n) is 5.01. The van der Waals surface area contributed by atoms with Crippen molar-refractivity contribution in [2.45, 2.75) is 36.1 Å². The highest BCUT2D eigenvalue weighted by atomic mass is 35.5. The van der Waals surface area contributed by atoms with Crippen molar-refractivity contribution in [1.29, 1.82) is 0 Å². The molecule has 25 heavy (non-hydrogen) atoms. The number of nitrogens with zero attached hydrogens (tertiary/aromatic N) is 1. The Morgan fingerprint density at radius 2 is 1.76 bits per heavy atom. The molecule has 2 nitrogen and oxygen atoms in total. The van der Waals surface area contributed by atoms with Gasteiger partial charge in [-0.15, -0.1) is 0 Å². The molecular formula is C21H27ClN2S. The van der Waals surface area contributed by atoms with Gasteiger partial charge in [0.05, 0.1) is 0 Å². The van der Waals surface area contributed by atoms with E-state index < -0.39 is 0 Å². The Morgan fingerprint density at radius 3 is 2.44 bits per heavy atom. The molecule has 1 saturated heterocycles. The zero-order chi connectivity index (χ0) is 17.6. The molecule has 1 heterocycles. The number of benzene rings is 2. The van der Waals surface area contributed by atoms with E-state index in [1.54, 1.807) is 0 Å². The minimum absolute atomic E-state index is 0.475. The average molecular weight is 375 g/mol. The molecule has 4 heteroatoms. The average Bonchev–Trinajstić information content (AvgIpc) is 2.66. The lowest BCUT2D eigenvalue weighted by atomic mass is 9.90. The van der Waals surface area contributed by atoms with Crippen LogP contribution in [0.15, 0.2) is 58.3 Å². The smallest absolute Gasteiger partial charge is 0.0406 e. The third kappa shape index (κ3) is 4.79. The van der Waals surface area contributed by atoms with Crippen LogP contribution >= 0.6 is 23.4 Å². The molecule has 1 aliphatic heterocycles. The second-order valence-electron chi connectivity index (χ2n) is 6.71. The van der Waals surface area contributed by atoms with Gasteiger partial charge in [-0.25, -0.2) is 0 Å². The van der Waals surface area contributed by atoms with E-state index in [-0.39, 0.29) is 0 Å². The first-order chi connectivity index (χ1) is 12.2. The number of halogens is 1. The Bertz CT molecular complexity index is 668. The predicted molar refractivity (Wildman–Crippen MR) is 109 cm³/mol. The Morgan fingerprint density at radius 1 is 1.08 bits per heavy atom. The Hall–Kier alpha value is -1.00. The van der Waals surface area contributed by atoms with Gasteiger partial charge < -0.3 is 5.32 Å². The topological polar surface area (TPSA) is 15.3 Å². The Kier molecular flexibility index (Phi) is 6.83. The molecule has 1 N–H and O–H groups in total. The van der Waals surface area contributed by atoms with Gasteiger partial charge in [-0.2, -0.15) is 0 Å². The summed E-state index contributed by atoms with van der Waals surface area (Å²) in [6.07, 6.45) is 1.19. The molecule has 0 saturated carbocycles. The summed E-state index contributed by atoms with van der Waals surface area (Å²) in [6.45, 7) is 9.09. The summed E-state index contributed by atoms with van der Waals surface area (Å²) >= 11 is 7.88. The van der Waals surface area contributed by atoms with E-state index in [0.717, 1.165) is 31.2 Å². The normalized spacial score (nSPS) is 18.0. The molecule has 0 aliphatic carbocycles. The first-order valence-corrected chi connectivity index (χ1v) is 10.4. The van der Waals surface area contributed by atoms with Gasteiger partial charge in [0.15, 0.2) is 0 Å². The van der Waals surface area contributed by atoms with Gasteiger partial charge in [0.2, 0.25) is 0 Å². The van der Waals surface area contributed by atoms with Crippen molar-refractivity contribution in [3.8, 4) is 0 Å². The van der Waals surface area contributed by atoms with Gasteiger partial charge in [0, 0.05) is 47.0 Å². The maximum absolute atomic E-state index is 6.04. The van der Waals surface area contributed by atoms with Crippen molar-refractivity contribution in [3.05, 3.63) is 59.1 Å². The molecule has 134 valence electrons. The fraction of sp³-hybridized carbons (Fsp3) is 0.429. The van der Waals surface area contributed by atoms with Crippen LogP contribution in [0.4, 0.5) is 0 Å². The zero-order valence-corrected chi connectivity index (χ0v) is 16.6. The van der Waals surface area contributed by atoms with Crippen LogP contribution in [0, 0.1) is 5.92 Å². The van der Waals surface area contributed by atoms with Crippen molar-refractivity contribution in [2.24, 2.45) is 5.92 Å². The minimum atomic E-state index is 0.475. The van der Waals surface area contributed by atoms with Gasteiger partial charge in [-0.05, 0) is 41.8 Å². The molecule has 2 atom stereocenters. The van der Waals surface area contributed by atoms with E-state index in [1.165, 1.54) is 21.8 Å². The standard InChI is InChI=1S/C21H27ClN2S/c1-3-16(2)21(24-14-12-23-13-15-24)19-6-4-5-7-20(19)25-18-10-8-17(22)9-11-18/h4-11,16,21,23H,3,12-15H2,1-2H3/t16?,21-/m0/s1. The molecule has 0 bridgehead atoms. The van der Waals surface area contributed by atoms with E-state index in [1.807, 2.05) is 23.9 Å². The van der Waals surface area contributed by atoms with Crippen LogP contribution in [0.5, 0.6) is 0 Å². The summed E-state index contributed by atoms with van der Waals surface area (Å²) in [5.74, 6) is 0.630. The molecule has 2 aromatic rings. The summed E-state index contributed by atoms with van der Waals surface area (Å²) in [4.78, 5) is 5.25. The summed E-state index contributed by atoms with van der Waals surface area (Å²) in [7, 11) is 0. The number of hydrogen-bond donors (Lipinski definition) is 1. The Labute approximate surface area is 161 Å².